The average molecular weight is 635 g/mol. The molecular weight excluding hydrogens is 581 g/mol. The Morgan fingerprint density at radius 3 is 1.40 bits per heavy atom. The Morgan fingerprint density at radius 2 is 0.938 bits per heavy atom. The summed E-state index contributed by atoms with van der Waals surface area (Å²) in [7, 11) is 2.11. The van der Waals surface area contributed by atoms with Crippen LogP contribution in [0.5, 0.6) is 0 Å². The zero-order chi connectivity index (χ0) is 35.1. The van der Waals surface area contributed by atoms with E-state index in [1.165, 1.54) is 22.3 Å². The molecule has 0 N–H and O–H groups in total. The van der Waals surface area contributed by atoms with Gasteiger partial charge in [0.1, 0.15) is 0 Å². The quantitative estimate of drug-likeness (QED) is 0.141. The van der Waals surface area contributed by atoms with Gasteiger partial charge in [-0.05, 0) is 96.3 Å². The molecule has 0 saturated carbocycles. The smallest absolute Gasteiger partial charge is 0.0463 e. The average Bonchev–Trinajstić information content (AvgIpc) is 3.18. The van der Waals surface area contributed by atoms with Crippen LogP contribution in [0, 0.1) is 0 Å². The second kappa shape index (κ2) is 22.2. The van der Waals surface area contributed by atoms with Crippen LogP contribution >= 0.6 is 0 Å². The summed E-state index contributed by atoms with van der Waals surface area (Å²) >= 11 is 0. The zero-order valence-corrected chi connectivity index (χ0v) is 30.1. The van der Waals surface area contributed by atoms with Gasteiger partial charge in [-0.1, -0.05) is 151 Å². The molecule has 0 radical (unpaired) electrons. The first-order valence-electron chi connectivity index (χ1n) is 17.1. The van der Waals surface area contributed by atoms with E-state index in [2.05, 4.69) is 189 Å². The summed E-state index contributed by atoms with van der Waals surface area (Å²) in [6.45, 7) is 19.0. The van der Waals surface area contributed by atoms with E-state index in [0.29, 0.717) is 0 Å². The Morgan fingerprint density at radius 1 is 0.542 bits per heavy atom. The maximum atomic E-state index is 3.36. The molecule has 0 amide bonds. The van der Waals surface area contributed by atoms with Crippen molar-refractivity contribution in [3.8, 4) is 11.1 Å². The molecule has 0 spiro atoms. The van der Waals surface area contributed by atoms with E-state index in [0.717, 1.165) is 34.9 Å². The predicted octanol–water partition coefficient (Wildman–Crippen LogP) is 14.4. The molecule has 5 aromatic rings. The first kappa shape index (κ1) is 38.8. The number of hydrogen-bond donors (Lipinski definition) is 0. The van der Waals surface area contributed by atoms with E-state index in [1.54, 1.807) is 12.2 Å². The zero-order valence-electron chi connectivity index (χ0n) is 30.1. The molecule has 2 heteroatoms. The standard InChI is InChI=1S/C38H36N2.C4H6.2C2H6/c1-4-12-30(13-5-2)32-18-22-36(23-19-32)40(37-24-20-33(21-25-37)31-14-8-6-9-15-31)38-28-26-35(27-29-38)39(3)34-16-10-7-11-17-34;1-3-4-2;2*1-2/h4,6-29H,5H2,1-3H3;3-4H,1-2H2;2*1-2H3/b12-4-,30-13+;;;. The van der Waals surface area contributed by atoms with Crippen LogP contribution in [0.2, 0.25) is 0 Å². The SMILES string of the molecule is C/C=C\C(=C/CC)c1ccc(N(c2ccc(-c3ccccc3)cc2)c2ccc(N(C)c3ccccc3)cc2)cc1.C=CC=C.CC.CC. The van der Waals surface area contributed by atoms with Crippen LogP contribution in [0.4, 0.5) is 28.4 Å². The molecule has 0 atom stereocenters. The number of nitrogens with zero attached hydrogens (tertiary/aromatic N) is 2. The van der Waals surface area contributed by atoms with Crippen molar-refractivity contribution in [1.29, 1.82) is 0 Å². The molecule has 2 nitrogen and oxygen atoms in total. The third-order valence-corrected chi connectivity index (χ3v) is 7.27. The first-order chi connectivity index (χ1) is 23.6. The Hall–Kier alpha value is -5.34. The number of para-hydroxylation sites is 1. The predicted molar refractivity (Wildman–Crippen MR) is 217 cm³/mol. The van der Waals surface area contributed by atoms with E-state index in [-0.39, 0.29) is 0 Å². The van der Waals surface area contributed by atoms with Crippen molar-refractivity contribution in [1.82, 2.24) is 0 Å². The van der Waals surface area contributed by atoms with Gasteiger partial charge in [0.25, 0.3) is 0 Å². The molecule has 0 bridgehead atoms. The van der Waals surface area contributed by atoms with E-state index in [4.69, 9.17) is 0 Å². The lowest BCUT2D eigenvalue weighted by atomic mass is 10.0. The van der Waals surface area contributed by atoms with Crippen molar-refractivity contribution in [3.05, 3.63) is 183 Å². The van der Waals surface area contributed by atoms with Gasteiger partial charge in [-0.15, -0.1) is 0 Å². The third kappa shape index (κ3) is 11.2. The maximum absolute atomic E-state index is 3.36. The molecule has 5 rings (SSSR count). The van der Waals surface area contributed by atoms with Crippen LogP contribution in [0.25, 0.3) is 16.7 Å². The topological polar surface area (TPSA) is 6.48 Å². The molecule has 0 fully saturated rings. The summed E-state index contributed by atoms with van der Waals surface area (Å²) < 4.78 is 0. The monoisotopic (exact) mass is 634 g/mol. The fraction of sp³-hybridized carbons (Fsp3) is 0.174. The van der Waals surface area contributed by atoms with E-state index >= 15 is 0 Å². The van der Waals surface area contributed by atoms with Gasteiger partial charge in [0.15, 0.2) is 0 Å². The van der Waals surface area contributed by atoms with Gasteiger partial charge in [-0.2, -0.15) is 0 Å². The molecule has 0 aliphatic rings. The van der Waals surface area contributed by atoms with Crippen molar-refractivity contribution < 1.29 is 0 Å². The van der Waals surface area contributed by atoms with Gasteiger partial charge in [0, 0.05) is 35.5 Å². The van der Waals surface area contributed by atoms with Crippen LogP contribution in [-0.2, 0) is 0 Å². The molecular formula is C46H54N2. The number of allylic oxidation sites excluding steroid dienone is 6. The lowest BCUT2D eigenvalue weighted by Crippen LogP contribution is -2.12. The summed E-state index contributed by atoms with van der Waals surface area (Å²) in [6, 6.07) is 47.5. The Labute approximate surface area is 291 Å². The molecule has 0 aliphatic heterocycles. The van der Waals surface area contributed by atoms with Gasteiger partial charge in [-0.3, -0.25) is 0 Å². The number of hydrogen-bond acceptors (Lipinski definition) is 2. The van der Waals surface area contributed by atoms with Crippen LogP contribution in [0.1, 0.15) is 53.5 Å². The van der Waals surface area contributed by atoms with E-state index < -0.39 is 0 Å². The van der Waals surface area contributed by atoms with Gasteiger partial charge >= 0.3 is 0 Å². The van der Waals surface area contributed by atoms with Crippen LogP contribution in [-0.4, -0.2) is 7.05 Å². The second-order valence-electron chi connectivity index (χ2n) is 10.2. The summed E-state index contributed by atoms with van der Waals surface area (Å²) in [6.07, 6.45) is 10.8. The van der Waals surface area contributed by atoms with E-state index in [1.807, 2.05) is 33.8 Å². The van der Waals surface area contributed by atoms with E-state index in [9.17, 15) is 0 Å². The van der Waals surface area contributed by atoms with Crippen molar-refractivity contribution >= 4 is 34.0 Å². The Kier molecular flexibility index (Phi) is 18.0. The summed E-state index contributed by atoms with van der Waals surface area (Å²) in [5.74, 6) is 0. The largest absolute Gasteiger partial charge is 0.345 e. The molecule has 0 aromatic heterocycles. The van der Waals surface area contributed by atoms with Gasteiger partial charge < -0.3 is 9.80 Å². The Bertz CT molecular complexity index is 1640. The van der Waals surface area contributed by atoms with Gasteiger partial charge in [0.05, 0.1) is 0 Å². The molecule has 5 aromatic carbocycles. The lowest BCUT2D eigenvalue weighted by Gasteiger charge is -2.27. The van der Waals surface area contributed by atoms with Crippen molar-refractivity contribution in [2.24, 2.45) is 0 Å². The van der Waals surface area contributed by atoms with Crippen molar-refractivity contribution in [2.75, 3.05) is 16.8 Å². The van der Waals surface area contributed by atoms with Gasteiger partial charge in [0.2, 0.25) is 0 Å². The molecule has 48 heavy (non-hydrogen) atoms. The van der Waals surface area contributed by atoms with Crippen molar-refractivity contribution in [3.63, 3.8) is 0 Å². The molecule has 0 aliphatic carbocycles. The number of anilines is 5. The highest BCUT2D eigenvalue weighted by Crippen LogP contribution is 2.37. The lowest BCUT2D eigenvalue weighted by molar-refractivity contribution is 1.20. The normalized spacial score (nSPS) is 10.3. The summed E-state index contributed by atoms with van der Waals surface area (Å²) in [5.41, 5.74) is 10.6. The summed E-state index contributed by atoms with van der Waals surface area (Å²) in [4.78, 5) is 4.53. The minimum Gasteiger partial charge on any atom is -0.345 e. The molecule has 0 unspecified atom stereocenters. The highest BCUT2D eigenvalue weighted by atomic mass is 15.1. The number of rotatable bonds is 10. The third-order valence-electron chi connectivity index (χ3n) is 7.27. The molecule has 0 saturated heterocycles. The molecule has 0 heterocycles. The highest BCUT2D eigenvalue weighted by molar-refractivity contribution is 5.81. The fourth-order valence-corrected chi connectivity index (χ4v) is 4.99. The highest BCUT2D eigenvalue weighted by Gasteiger charge is 2.14. The van der Waals surface area contributed by atoms with Gasteiger partial charge in [-0.25, -0.2) is 0 Å². The van der Waals surface area contributed by atoms with Crippen LogP contribution in [0.15, 0.2) is 177 Å². The summed E-state index contributed by atoms with van der Waals surface area (Å²) in [5, 5.41) is 0. The fourth-order valence-electron chi connectivity index (χ4n) is 4.99. The number of benzene rings is 5. The van der Waals surface area contributed by atoms with Crippen molar-refractivity contribution in [2.45, 2.75) is 48.0 Å². The molecule has 248 valence electrons. The maximum Gasteiger partial charge on any atom is 0.0463 e. The Balaban J connectivity index is 0.000000917. The first-order valence-corrected chi connectivity index (χ1v) is 17.1. The van der Waals surface area contributed by atoms with Crippen LogP contribution in [0.3, 0.4) is 0 Å². The second-order valence-corrected chi connectivity index (χ2v) is 10.2. The van der Waals surface area contributed by atoms with Crippen LogP contribution < -0.4 is 9.80 Å². The minimum atomic E-state index is 1.01. The minimum absolute atomic E-state index is 1.01.